The zero-order chi connectivity index (χ0) is 15.6. The fourth-order valence-electron chi connectivity index (χ4n) is 2.62. The van der Waals surface area contributed by atoms with Gasteiger partial charge in [0.15, 0.2) is 5.76 Å². The topological polar surface area (TPSA) is 114 Å². The molecule has 0 radical (unpaired) electrons. The van der Waals surface area contributed by atoms with Crippen molar-refractivity contribution in [3.05, 3.63) is 28.0 Å². The highest BCUT2D eigenvalue weighted by atomic mass is 16.6. The van der Waals surface area contributed by atoms with Gasteiger partial charge in [-0.15, -0.1) is 0 Å². The van der Waals surface area contributed by atoms with Crippen LogP contribution in [0.2, 0.25) is 0 Å². The minimum atomic E-state index is -0.952. The number of furan rings is 1. The standard InChI is InChI=1S/C13H16N2O6/c1-2-13(12(17)18)6-3-7-14(8-13)11(16)9-4-5-10(21-9)15(19)20/h4-5H,2-3,6-8H2,1H3,(H,17,18). The minimum absolute atomic E-state index is 0.0894. The maximum absolute atomic E-state index is 12.3. The molecule has 114 valence electrons. The molecule has 0 aliphatic carbocycles. The normalized spacial score (nSPS) is 22.0. The highest BCUT2D eigenvalue weighted by Gasteiger charge is 2.42. The quantitative estimate of drug-likeness (QED) is 0.670. The van der Waals surface area contributed by atoms with Gasteiger partial charge in [0, 0.05) is 13.1 Å². The number of carbonyl (C=O) groups is 2. The molecule has 1 amide bonds. The van der Waals surface area contributed by atoms with E-state index >= 15 is 0 Å². The molecule has 1 aromatic rings. The van der Waals surface area contributed by atoms with Crippen molar-refractivity contribution in [3.63, 3.8) is 0 Å². The molecule has 1 fully saturated rings. The summed E-state index contributed by atoms with van der Waals surface area (Å²) in [6.07, 6.45) is 1.51. The van der Waals surface area contributed by atoms with Crippen molar-refractivity contribution in [2.24, 2.45) is 5.41 Å². The van der Waals surface area contributed by atoms with Gasteiger partial charge in [0.25, 0.3) is 5.91 Å². The van der Waals surface area contributed by atoms with Crippen LogP contribution in [0.5, 0.6) is 0 Å². The molecule has 8 nitrogen and oxygen atoms in total. The Balaban J connectivity index is 2.18. The molecule has 1 saturated heterocycles. The second-order valence-electron chi connectivity index (χ2n) is 5.16. The Morgan fingerprint density at radius 1 is 1.52 bits per heavy atom. The molecular formula is C13H16N2O6. The van der Waals surface area contributed by atoms with Crippen LogP contribution in [-0.4, -0.2) is 39.9 Å². The van der Waals surface area contributed by atoms with E-state index in [1.807, 2.05) is 0 Å². The van der Waals surface area contributed by atoms with Crippen molar-refractivity contribution < 1.29 is 24.0 Å². The van der Waals surface area contributed by atoms with Gasteiger partial charge in [-0.3, -0.25) is 19.7 Å². The van der Waals surface area contributed by atoms with Gasteiger partial charge >= 0.3 is 11.9 Å². The number of nitro groups is 1. The maximum atomic E-state index is 12.3. The summed E-state index contributed by atoms with van der Waals surface area (Å²) in [5.41, 5.74) is -0.952. The fraction of sp³-hybridized carbons (Fsp3) is 0.538. The Labute approximate surface area is 120 Å². The molecule has 2 rings (SSSR count). The van der Waals surface area contributed by atoms with Gasteiger partial charge in [-0.05, 0) is 25.3 Å². The third-order valence-corrected chi connectivity index (χ3v) is 3.98. The summed E-state index contributed by atoms with van der Waals surface area (Å²) >= 11 is 0. The van der Waals surface area contributed by atoms with Gasteiger partial charge < -0.3 is 14.4 Å². The maximum Gasteiger partial charge on any atom is 0.433 e. The first-order chi connectivity index (χ1) is 9.89. The van der Waals surface area contributed by atoms with Crippen LogP contribution in [0.15, 0.2) is 16.5 Å². The average molecular weight is 296 g/mol. The monoisotopic (exact) mass is 296 g/mol. The van der Waals surface area contributed by atoms with E-state index in [1.54, 1.807) is 6.92 Å². The molecule has 0 spiro atoms. The third kappa shape index (κ3) is 2.74. The number of hydrogen-bond donors (Lipinski definition) is 1. The largest absolute Gasteiger partial charge is 0.481 e. The van der Waals surface area contributed by atoms with Gasteiger partial charge in [0.2, 0.25) is 0 Å². The molecule has 21 heavy (non-hydrogen) atoms. The van der Waals surface area contributed by atoms with E-state index in [0.29, 0.717) is 25.8 Å². The van der Waals surface area contributed by atoms with Gasteiger partial charge in [-0.1, -0.05) is 6.92 Å². The van der Waals surface area contributed by atoms with Gasteiger partial charge in [0.1, 0.15) is 4.92 Å². The van der Waals surface area contributed by atoms with Crippen molar-refractivity contribution in [3.8, 4) is 0 Å². The van der Waals surface area contributed by atoms with Crippen LogP contribution in [0, 0.1) is 15.5 Å². The first-order valence-electron chi connectivity index (χ1n) is 6.66. The summed E-state index contributed by atoms with van der Waals surface area (Å²) in [6.45, 7) is 2.29. The molecule has 1 aromatic heterocycles. The Hall–Kier alpha value is -2.38. The van der Waals surface area contributed by atoms with Crippen LogP contribution in [0.25, 0.3) is 0 Å². The first kappa shape index (κ1) is 15.0. The lowest BCUT2D eigenvalue weighted by Crippen LogP contribution is -2.49. The summed E-state index contributed by atoms with van der Waals surface area (Å²) < 4.78 is 4.88. The zero-order valence-electron chi connectivity index (χ0n) is 11.6. The summed E-state index contributed by atoms with van der Waals surface area (Å²) in [4.78, 5) is 35.0. The number of rotatable bonds is 4. The van der Waals surface area contributed by atoms with Crippen LogP contribution < -0.4 is 0 Å². The lowest BCUT2D eigenvalue weighted by molar-refractivity contribution is -0.402. The van der Waals surface area contributed by atoms with E-state index in [4.69, 9.17) is 4.42 Å². The molecule has 0 bridgehead atoms. The van der Waals surface area contributed by atoms with Crippen LogP contribution in [-0.2, 0) is 4.79 Å². The lowest BCUT2D eigenvalue weighted by atomic mass is 9.77. The molecule has 1 atom stereocenters. The van der Waals surface area contributed by atoms with E-state index in [0.717, 1.165) is 6.07 Å². The molecule has 8 heteroatoms. The number of carbonyl (C=O) groups excluding carboxylic acids is 1. The summed E-state index contributed by atoms with van der Waals surface area (Å²) in [7, 11) is 0. The Morgan fingerprint density at radius 3 is 2.76 bits per heavy atom. The lowest BCUT2D eigenvalue weighted by Gasteiger charge is -2.39. The predicted molar refractivity (Wildman–Crippen MR) is 70.9 cm³/mol. The van der Waals surface area contributed by atoms with E-state index in [2.05, 4.69) is 0 Å². The summed E-state index contributed by atoms with van der Waals surface area (Å²) in [5, 5.41) is 19.9. The van der Waals surface area contributed by atoms with Crippen molar-refractivity contribution in [1.29, 1.82) is 0 Å². The second kappa shape index (κ2) is 5.55. The number of hydrogen-bond acceptors (Lipinski definition) is 5. The van der Waals surface area contributed by atoms with Crippen LogP contribution in [0.1, 0.15) is 36.7 Å². The minimum Gasteiger partial charge on any atom is -0.481 e. The predicted octanol–water partition coefficient (Wildman–Crippen LogP) is 1.90. The third-order valence-electron chi connectivity index (χ3n) is 3.98. The highest BCUT2D eigenvalue weighted by molar-refractivity contribution is 5.92. The second-order valence-corrected chi connectivity index (χ2v) is 5.16. The van der Waals surface area contributed by atoms with Crippen molar-refractivity contribution in [1.82, 2.24) is 4.90 Å². The van der Waals surface area contributed by atoms with Crippen molar-refractivity contribution in [2.75, 3.05) is 13.1 Å². The zero-order valence-corrected chi connectivity index (χ0v) is 11.6. The van der Waals surface area contributed by atoms with Gasteiger partial charge in [-0.25, -0.2) is 0 Å². The number of amides is 1. The SMILES string of the molecule is CCC1(C(=O)O)CCCN(C(=O)c2ccc([N+](=O)[O-])o2)C1. The Morgan fingerprint density at radius 2 is 2.24 bits per heavy atom. The smallest absolute Gasteiger partial charge is 0.433 e. The number of piperidine rings is 1. The van der Waals surface area contributed by atoms with Crippen LogP contribution >= 0.6 is 0 Å². The average Bonchev–Trinajstić information content (AvgIpc) is 2.96. The highest BCUT2D eigenvalue weighted by Crippen LogP contribution is 2.34. The van der Waals surface area contributed by atoms with Gasteiger partial charge in [-0.2, -0.15) is 0 Å². The number of carboxylic acid groups (broad SMARTS) is 1. The fourth-order valence-corrected chi connectivity index (χ4v) is 2.62. The van der Waals surface area contributed by atoms with Crippen molar-refractivity contribution >= 4 is 17.8 Å². The molecule has 1 N–H and O–H groups in total. The first-order valence-corrected chi connectivity index (χ1v) is 6.66. The van der Waals surface area contributed by atoms with Crippen LogP contribution in [0.4, 0.5) is 5.88 Å². The number of aliphatic carboxylic acids is 1. The summed E-state index contributed by atoms with van der Waals surface area (Å²) in [5.74, 6) is -2.08. The van der Waals surface area contributed by atoms with Gasteiger partial charge in [0.05, 0.1) is 11.5 Å². The molecule has 0 saturated carbocycles. The molecule has 0 aromatic carbocycles. The molecule has 1 aliphatic rings. The van der Waals surface area contributed by atoms with Crippen molar-refractivity contribution in [2.45, 2.75) is 26.2 Å². The number of nitrogens with zero attached hydrogens (tertiary/aromatic N) is 2. The van der Waals surface area contributed by atoms with E-state index in [1.165, 1.54) is 11.0 Å². The number of carboxylic acids is 1. The van der Waals surface area contributed by atoms with E-state index in [9.17, 15) is 24.8 Å². The Bertz CT molecular complexity index is 581. The molecule has 2 heterocycles. The number of likely N-dealkylation sites (tertiary alicyclic amines) is 1. The van der Waals surface area contributed by atoms with E-state index < -0.39 is 28.1 Å². The molecule has 1 aliphatic heterocycles. The molecule has 1 unspecified atom stereocenters. The summed E-state index contributed by atoms with van der Waals surface area (Å²) in [6, 6.07) is 2.35. The Kier molecular flexibility index (Phi) is 3.97. The molecular weight excluding hydrogens is 280 g/mol. The van der Waals surface area contributed by atoms with E-state index in [-0.39, 0.29) is 12.3 Å². The van der Waals surface area contributed by atoms with Crippen LogP contribution in [0.3, 0.4) is 0 Å².